The van der Waals surface area contributed by atoms with Crippen LogP contribution in [-0.2, 0) is 0 Å². The maximum absolute atomic E-state index is 6.73. The van der Waals surface area contributed by atoms with E-state index in [1.165, 1.54) is 10.8 Å². The molecule has 0 amide bonds. The van der Waals surface area contributed by atoms with E-state index in [-0.39, 0.29) is 0 Å². The molecule has 0 aliphatic heterocycles. The first-order valence-electron chi connectivity index (χ1n) is 19.3. The van der Waals surface area contributed by atoms with Crippen LogP contribution in [0, 0.1) is 0 Å². The fourth-order valence-corrected chi connectivity index (χ4v) is 8.82. The smallest absolute Gasteiger partial charge is 0.167 e. The van der Waals surface area contributed by atoms with Gasteiger partial charge >= 0.3 is 0 Å². The number of aromatic nitrogens is 4. The molecule has 0 N–H and O–H groups in total. The molecule has 7 heteroatoms. The molecule has 0 radical (unpaired) electrons. The normalized spacial score (nSPS) is 12.1. The topological polar surface area (TPSA) is 83.0 Å². The van der Waals surface area contributed by atoms with Gasteiger partial charge in [-0.25, -0.2) is 15.0 Å². The molecular weight excluding hydrogens is 717 g/mol. The predicted octanol–water partition coefficient (Wildman–Crippen LogP) is 13.7. The Morgan fingerprint density at radius 3 is 1.60 bits per heavy atom. The minimum atomic E-state index is 0.514. The molecule has 0 fully saturated rings. The molecule has 7 nitrogen and oxygen atoms in total. The summed E-state index contributed by atoms with van der Waals surface area (Å²) in [6.45, 7) is 0. The van der Waals surface area contributed by atoms with E-state index < -0.39 is 0 Å². The van der Waals surface area contributed by atoms with Crippen molar-refractivity contribution in [2.45, 2.75) is 0 Å². The second-order valence-corrected chi connectivity index (χ2v) is 14.7. The van der Waals surface area contributed by atoms with E-state index in [0.29, 0.717) is 17.5 Å². The third kappa shape index (κ3) is 4.46. The van der Waals surface area contributed by atoms with E-state index >= 15 is 0 Å². The van der Waals surface area contributed by atoms with Gasteiger partial charge in [0.1, 0.15) is 27.9 Å². The maximum Gasteiger partial charge on any atom is 0.167 e. The second-order valence-electron chi connectivity index (χ2n) is 14.7. The summed E-state index contributed by atoms with van der Waals surface area (Å²) in [7, 11) is 0. The molecule has 0 saturated carbocycles. The van der Waals surface area contributed by atoms with Crippen LogP contribution in [0.3, 0.4) is 0 Å². The zero-order chi connectivity index (χ0) is 37.9. The summed E-state index contributed by atoms with van der Waals surface area (Å²) in [6.07, 6.45) is 0. The number of para-hydroxylation sites is 6. The summed E-state index contributed by atoms with van der Waals surface area (Å²) in [5.41, 5.74) is 10.4. The summed E-state index contributed by atoms with van der Waals surface area (Å²) >= 11 is 0. The van der Waals surface area contributed by atoms with Gasteiger partial charge in [0.05, 0.1) is 22.3 Å². The van der Waals surface area contributed by atoms with Crippen LogP contribution in [0.4, 0.5) is 0 Å². The Morgan fingerprint density at radius 2 is 0.845 bits per heavy atom. The Balaban J connectivity index is 1.03. The molecule has 0 spiro atoms. The van der Waals surface area contributed by atoms with Crippen LogP contribution in [0.25, 0.3) is 127 Å². The lowest BCUT2D eigenvalue weighted by molar-refractivity contribution is 0.666. The molecule has 0 atom stereocenters. The van der Waals surface area contributed by atoms with Gasteiger partial charge in [0.25, 0.3) is 0 Å². The lowest BCUT2D eigenvalue weighted by Gasteiger charge is -2.09. The van der Waals surface area contributed by atoms with Crippen molar-refractivity contribution in [2.24, 2.45) is 0 Å². The van der Waals surface area contributed by atoms with Crippen molar-refractivity contribution in [2.75, 3.05) is 0 Å². The summed E-state index contributed by atoms with van der Waals surface area (Å²) in [5, 5.41) is 8.54. The first-order valence-corrected chi connectivity index (χ1v) is 19.3. The van der Waals surface area contributed by atoms with Crippen LogP contribution in [-0.4, -0.2) is 19.5 Å². The molecule has 0 saturated heterocycles. The Morgan fingerprint density at radius 1 is 0.328 bits per heavy atom. The van der Waals surface area contributed by atoms with Crippen molar-refractivity contribution in [3.8, 4) is 39.9 Å². The SMILES string of the molecule is c1ccc2c(c1)oc1cc(-c3nc(-c4ccc5oc6c(-n7c8ccccc8c8ccccc87)cccc6c5c4)nc(-c4cccc5c4oc4ccccc45)n3)ccc12. The third-order valence-electron chi connectivity index (χ3n) is 11.5. The highest BCUT2D eigenvalue weighted by Crippen LogP contribution is 2.40. The lowest BCUT2D eigenvalue weighted by Crippen LogP contribution is -2.00. The molecule has 58 heavy (non-hydrogen) atoms. The van der Waals surface area contributed by atoms with Gasteiger partial charge in [-0.05, 0) is 66.7 Å². The molecule has 0 aliphatic rings. The van der Waals surface area contributed by atoms with Crippen molar-refractivity contribution < 1.29 is 13.3 Å². The van der Waals surface area contributed by atoms with Gasteiger partial charge in [-0.15, -0.1) is 0 Å². The standard InChI is InChI=1S/C51H28N4O3/c1-5-18-40-31(11-1)32-12-2-6-19-41(32)55(40)42-20-10-16-37-39-27-29(24-26-45(39)58-48(37)42)49-52-50(30-23-25-35-33-13-3-7-21-43(33)56-46(35)28-30)54-51(53-49)38-17-9-15-36-34-14-4-8-22-44(34)57-47(36)38/h1-28H. The largest absolute Gasteiger partial charge is 0.456 e. The Labute approximate surface area is 329 Å². The Kier molecular flexibility index (Phi) is 6.32. The van der Waals surface area contributed by atoms with Gasteiger partial charge in [-0.2, -0.15) is 0 Å². The van der Waals surface area contributed by atoms with Gasteiger partial charge in [0.2, 0.25) is 0 Å². The van der Waals surface area contributed by atoms with Crippen LogP contribution in [0.15, 0.2) is 183 Å². The highest BCUT2D eigenvalue weighted by molar-refractivity contribution is 6.13. The molecule has 13 aromatic rings. The average molecular weight is 745 g/mol. The number of nitrogens with zero attached hydrogens (tertiary/aromatic N) is 4. The molecule has 5 heterocycles. The minimum Gasteiger partial charge on any atom is -0.456 e. The predicted molar refractivity (Wildman–Crippen MR) is 232 cm³/mol. The van der Waals surface area contributed by atoms with E-state index in [9.17, 15) is 0 Å². The van der Waals surface area contributed by atoms with E-state index in [1.54, 1.807) is 0 Å². The fraction of sp³-hybridized carbons (Fsp3) is 0. The van der Waals surface area contributed by atoms with Gasteiger partial charge < -0.3 is 17.8 Å². The number of fused-ring (bicyclic) bond motifs is 12. The molecule has 0 aliphatic carbocycles. The fourth-order valence-electron chi connectivity index (χ4n) is 8.82. The van der Waals surface area contributed by atoms with Crippen LogP contribution >= 0.6 is 0 Å². The van der Waals surface area contributed by atoms with E-state index in [1.807, 2.05) is 66.7 Å². The third-order valence-corrected chi connectivity index (χ3v) is 11.5. The summed E-state index contributed by atoms with van der Waals surface area (Å²) in [5.74, 6) is 1.58. The van der Waals surface area contributed by atoms with Crippen molar-refractivity contribution in [3.05, 3.63) is 170 Å². The van der Waals surface area contributed by atoms with Crippen molar-refractivity contribution in [1.82, 2.24) is 19.5 Å². The molecule has 5 aromatic heterocycles. The summed E-state index contributed by atoms with van der Waals surface area (Å²) in [6, 6.07) is 58.0. The van der Waals surface area contributed by atoms with Crippen molar-refractivity contribution >= 4 is 87.6 Å². The van der Waals surface area contributed by atoms with Crippen LogP contribution in [0.2, 0.25) is 0 Å². The highest BCUT2D eigenvalue weighted by atomic mass is 16.3. The Hall–Kier alpha value is -8.03. The average Bonchev–Trinajstić information content (AvgIpc) is 4.04. The van der Waals surface area contributed by atoms with Crippen molar-refractivity contribution in [1.29, 1.82) is 0 Å². The maximum atomic E-state index is 6.73. The lowest BCUT2D eigenvalue weighted by atomic mass is 10.1. The summed E-state index contributed by atoms with van der Waals surface area (Å²) < 4.78 is 21.8. The van der Waals surface area contributed by atoms with Gasteiger partial charge in [0, 0.05) is 54.2 Å². The number of furan rings is 3. The zero-order valence-electron chi connectivity index (χ0n) is 30.7. The quantitative estimate of drug-likeness (QED) is 0.178. The monoisotopic (exact) mass is 744 g/mol. The molecule has 0 unspecified atom stereocenters. The van der Waals surface area contributed by atoms with Crippen LogP contribution < -0.4 is 0 Å². The first-order chi connectivity index (χ1) is 28.7. The van der Waals surface area contributed by atoms with E-state index in [4.69, 9.17) is 28.2 Å². The van der Waals surface area contributed by atoms with Crippen LogP contribution in [0.1, 0.15) is 0 Å². The first kappa shape index (κ1) is 31.2. The van der Waals surface area contributed by atoms with E-state index in [2.05, 4.69) is 108 Å². The van der Waals surface area contributed by atoms with Gasteiger partial charge in [0.15, 0.2) is 23.1 Å². The van der Waals surface area contributed by atoms with Gasteiger partial charge in [-0.3, -0.25) is 0 Å². The second kappa shape index (κ2) is 11.7. The van der Waals surface area contributed by atoms with E-state index in [0.717, 1.165) is 99.2 Å². The molecule has 8 aromatic carbocycles. The number of benzene rings is 8. The van der Waals surface area contributed by atoms with Crippen molar-refractivity contribution in [3.63, 3.8) is 0 Å². The minimum absolute atomic E-state index is 0.514. The van der Waals surface area contributed by atoms with Gasteiger partial charge in [-0.1, -0.05) is 103 Å². The zero-order valence-corrected chi connectivity index (χ0v) is 30.7. The van der Waals surface area contributed by atoms with Crippen LogP contribution in [0.5, 0.6) is 0 Å². The Bertz CT molecular complexity index is 3770. The number of hydrogen-bond donors (Lipinski definition) is 0. The number of hydrogen-bond acceptors (Lipinski definition) is 6. The molecule has 13 rings (SSSR count). The highest BCUT2D eigenvalue weighted by Gasteiger charge is 2.21. The molecule has 270 valence electrons. The molecule has 0 bridgehead atoms. The summed E-state index contributed by atoms with van der Waals surface area (Å²) in [4.78, 5) is 15.5. The molecular formula is C51H28N4O3. The number of rotatable bonds is 4.